The zero-order valence-electron chi connectivity index (χ0n) is 16.7. The van der Waals surface area contributed by atoms with Crippen molar-refractivity contribution >= 4 is 28.7 Å². The molecule has 2 heterocycles. The third kappa shape index (κ3) is 4.87. The van der Waals surface area contributed by atoms with E-state index in [9.17, 15) is 0 Å². The Morgan fingerprint density at radius 3 is 2.48 bits per heavy atom. The van der Waals surface area contributed by atoms with Gasteiger partial charge < -0.3 is 29.7 Å². The second kappa shape index (κ2) is 9.09. The molecule has 29 heavy (non-hydrogen) atoms. The summed E-state index contributed by atoms with van der Waals surface area (Å²) in [6.45, 7) is 1.64. The summed E-state index contributed by atoms with van der Waals surface area (Å²) in [5, 5.41) is 7.13. The smallest absolute Gasteiger partial charge is 0.171 e. The average molecular weight is 414 g/mol. The topological polar surface area (TPSA) is 55.0 Å². The molecular weight excluding hydrogens is 386 g/mol. The second-order valence-corrected chi connectivity index (χ2v) is 7.99. The molecule has 0 aromatic heterocycles. The molecule has 0 radical (unpaired) electrons. The summed E-state index contributed by atoms with van der Waals surface area (Å²) in [5.41, 5.74) is 3.23. The van der Waals surface area contributed by atoms with Gasteiger partial charge in [-0.25, -0.2) is 0 Å². The van der Waals surface area contributed by atoms with Gasteiger partial charge in [-0.05, 0) is 42.0 Å². The Morgan fingerprint density at radius 1 is 1.03 bits per heavy atom. The number of anilines is 2. The highest BCUT2D eigenvalue weighted by atomic mass is 32.1. The van der Waals surface area contributed by atoms with Crippen LogP contribution in [0.2, 0.25) is 0 Å². The third-order valence-electron chi connectivity index (χ3n) is 5.27. The van der Waals surface area contributed by atoms with Crippen molar-refractivity contribution in [2.45, 2.75) is 31.0 Å². The van der Waals surface area contributed by atoms with Gasteiger partial charge in [0.2, 0.25) is 0 Å². The molecule has 7 heteroatoms. The van der Waals surface area contributed by atoms with Crippen molar-refractivity contribution in [3.8, 4) is 0 Å². The Morgan fingerprint density at radius 2 is 1.76 bits per heavy atom. The molecule has 2 aromatic rings. The molecule has 0 amide bonds. The van der Waals surface area contributed by atoms with E-state index >= 15 is 0 Å². The molecule has 4 atom stereocenters. The highest BCUT2D eigenvalue weighted by molar-refractivity contribution is 7.80. The van der Waals surface area contributed by atoms with Gasteiger partial charge in [-0.1, -0.05) is 30.3 Å². The van der Waals surface area contributed by atoms with Crippen LogP contribution < -0.4 is 15.5 Å². The van der Waals surface area contributed by atoms with E-state index in [-0.39, 0.29) is 24.4 Å². The van der Waals surface area contributed by atoms with E-state index in [0.29, 0.717) is 24.9 Å². The van der Waals surface area contributed by atoms with Crippen molar-refractivity contribution in [2.75, 3.05) is 37.5 Å². The number of hydrogen-bond acceptors (Lipinski definition) is 5. The van der Waals surface area contributed by atoms with Crippen LogP contribution in [0.4, 0.5) is 11.4 Å². The van der Waals surface area contributed by atoms with Crippen LogP contribution in [-0.2, 0) is 20.8 Å². The SMILES string of the molecule is CN(C)c1ccc(NC(=S)N[C@@H]2CO[C@@H]3[C@@H]2OC[C@H]3OCc2ccccc2)cc1. The van der Waals surface area contributed by atoms with Crippen LogP contribution in [0.1, 0.15) is 5.56 Å². The number of hydrogen-bond donors (Lipinski definition) is 2. The van der Waals surface area contributed by atoms with Gasteiger partial charge in [-0.2, -0.15) is 0 Å². The number of fused-ring (bicyclic) bond motifs is 1. The average Bonchev–Trinajstić information content (AvgIpc) is 3.30. The Balaban J connectivity index is 1.27. The number of thiocarbonyl (C=S) groups is 1. The maximum Gasteiger partial charge on any atom is 0.171 e. The monoisotopic (exact) mass is 413 g/mol. The van der Waals surface area contributed by atoms with E-state index in [1.807, 2.05) is 44.4 Å². The maximum absolute atomic E-state index is 6.05. The van der Waals surface area contributed by atoms with Gasteiger partial charge in [0.05, 0.1) is 25.9 Å². The van der Waals surface area contributed by atoms with E-state index in [0.717, 1.165) is 16.9 Å². The van der Waals surface area contributed by atoms with E-state index in [1.54, 1.807) is 0 Å². The largest absolute Gasteiger partial charge is 0.378 e. The number of nitrogens with one attached hydrogen (secondary N) is 2. The molecule has 2 N–H and O–H groups in total. The minimum absolute atomic E-state index is 0.00590. The molecular formula is C22H27N3O3S. The Kier molecular flexibility index (Phi) is 6.30. The fraction of sp³-hybridized carbons (Fsp3) is 0.409. The first-order chi connectivity index (χ1) is 14.1. The number of benzene rings is 2. The number of ether oxygens (including phenoxy) is 3. The molecule has 0 aliphatic carbocycles. The lowest BCUT2D eigenvalue weighted by Gasteiger charge is -2.20. The molecule has 2 aromatic carbocycles. The van der Waals surface area contributed by atoms with Gasteiger partial charge in [0.15, 0.2) is 5.11 Å². The zero-order valence-corrected chi connectivity index (χ0v) is 17.5. The van der Waals surface area contributed by atoms with Crippen molar-refractivity contribution in [1.29, 1.82) is 0 Å². The molecule has 2 aliphatic rings. The molecule has 0 unspecified atom stereocenters. The fourth-order valence-electron chi connectivity index (χ4n) is 3.69. The summed E-state index contributed by atoms with van der Waals surface area (Å²) in [5.74, 6) is 0. The van der Waals surface area contributed by atoms with Crippen LogP contribution in [0.5, 0.6) is 0 Å². The Hall–Kier alpha value is -2.19. The van der Waals surface area contributed by atoms with Gasteiger partial charge in [0.25, 0.3) is 0 Å². The normalized spacial score (nSPS) is 25.4. The quantitative estimate of drug-likeness (QED) is 0.707. The second-order valence-electron chi connectivity index (χ2n) is 7.58. The summed E-state index contributed by atoms with van der Waals surface area (Å²) in [6.07, 6.45) is -0.197. The van der Waals surface area contributed by atoms with Crippen molar-refractivity contribution in [2.24, 2.45) is 0 Å². The van der Waals surface area contributed by atoms with Crippen LogP contribution in [0, 0.1) is 0 Å². The van der Waals surface area contributed by atoms with Crippen molar-refractivity contribution in [1.82, 2.24) is 5.32 Å². The van der Waals surface area contributed by atoms with Gasteiger partial charge >= 0.3 is 0 Å². The third-order valence-corrected chi connectivity index (χ3v) is 5.49. The first kappa shape index (κ1) is 20.1. The summed E-state index contributed by atoms with van der Waals surface area (Å²) in [7, 11) is 4.03. The van der Waals surface area contributed by atoms with Crippen molar-refractivity contribution in [3.63, 3.8) is 0 Å². The molecule has 6 nitrogen and oxygen atoms in total. The number of nitrogens with zero attached hydrogens (tertiary/aromatic N) is 1. The van der Waals surface area contributed by atoms with Gasteiger partial charge in [-0.3, -0.25) is 0 Å². The molecule has 4 rings (SSSR count). The minimum atomic E-state index is -0.0709. The molecule has 154 valence electrons. The Bertz CT molecular complexity index is 816. The van der Waals surface area contributed by atoms with Crippen molar-refractivity contribution in [3.05, 3.63) is 60.2 Å². The van der Waals surface area contributed by atoms with Gasteiger partial charge in [-0.15, -0.1) is 0 Å². The van der Waals surface area contributed by atoms with Crippen LogP contribution >= 0.6 is 12.2 Å². The number of rotatable bonds is 6. The predicted molar refractivity (Wildman–Crippen MR) is 118 cm³/mol. The summed E-state index contributed by atoms with van der Waals surface area (Å²) < 4.78 is 18.0. The highest BCUT2D eigenvalue weighted by Gasteiger charge is 2.48. The van der Waals surface area contributed by atoms with Gasteiger partial charge in [0, 0.05) is 25.5 Å². The van der Waals surface area contributed by atoms with E-state index in [1.165, 1.54) is 0 Å². The molecule has 0 saturated carbocycles. The molecule has 2 aliphatic heterocycles. The standard InChI is InChI=1S/C22H27N3O3S/c1-25(2)17-10-8-16(9-11-17)23-22(29)24-18-13-27-21-19(14-28-20(18)21)26-12-15-6-4-3-5-7-15/h3-11,18-21H,12-14H2,1-2H3,(H2,23,24,29)/t18-,19-,20-,21+/m1/s1. The van der Waals surface area contributed by atoms with Crippen LogP contribution in [-0.4, -0.2) is 56.8 Å². The fourth-order valence-corrected chi connectivity index (χ4v) is 3.96. The summed E-state index contributed by atoms with van der Waals surface area (Å²) >= 11 is 5.49. The van der Waals surface area contributed by atoms with E-state index in [4.69, 9.17) is 26.4 Å². The lowest BCUT2D eigenvalue weighted by atomic mass is 10.1. The molecule has 0 spiro atoms. The zero-order chi connectivity index (χ0) is 20.2. The maximum atomic E-state index is 6.05. The first-order valence-corrected chi connectivity index (χ1v) is 10.2. The minimum Gasteiger partial charge on any atom is -0.378 e. The highest BCUT2D eigenvalue weighted by Crippen LogP contribution is 2.29. The lowest BCUT2D eigenvalue weighted by molar-refractivity contribution is -0.0391. The van der Waals surface area contributed by atoms with Crippen molar-refractivity contribution < 1.29 is 14.2 Å². The van der Waals surface area contributed by atoms with Gasteiger partial charge in [0.1, 0.15) is 18.3 Å². The lowest BCUT2D eigenvalue weighted by Crippen LogP contribution is -2.45. The van der Waals surface area contributed by atoms with Crippen LogP contribution in [0.3, 0.4) is 0 Å². The molecule has 2 fully saturated rings. The summed E-state index contributed by atoms with van der Waals surface area (Å²) in [6, 6.07) is 18.3. The molecule has 2 saturated heterocycles. The van der Waals surface area contributed by atoms with Crippen LogP contribution in [0.25, 0.3) is 0 Å². The van der Waals surface area contributed by atoms with E-state index < -0.39 is 0 Å². The predicted octanol–water partition coefficient (Wildman–Crippen LogP) is 2.79. The first-order valence-electron chi connectivity index (χ1n) is 9.84. The van der Waals surface area contributed by atoms with E-state index in [2.05, 4.69) is 39.8 Å². The molecule has 0 bridgehead atoms. The summed E-state index contributed by atoms with van der Waals surface area (Å²) in [4.78, 5) is 2.06. The Labute approximate surface area is 177 Å². The van der Waals surface area contributed by atoms with Crippen LogP contribution in [0.15, 0.2) is 54.6 Å².